The summed E-state index contributed by atoms with van der Waals surface area (Å²) in [5.74, 6) is 0.515. The highest BCUT2D eigenvalue weighted by atomic mass is 35.5. The Morgan fingerprint density at radius 3 is 2.26 bits per heavy atom. The Hall–Kier alpha value is -1.54. The molecule has 2 N–H and O–H groups in total. The van der Waals surface area contributed by atoms with E-state index in [2.05, 4.69) is 20.0 Å². The van der Waals surface area contributed by atoms with Crippen LogP contribution in [0.5, 0.6) is 0 Å². The predicted octanol–water partition coefficient (Wildman–Crippen LogP) is 1.60. The van der Waals surface area contributed by atoms with Gasteiger partial charge in [-0.15, -0.1) is 12.4 Å². The van der Waals surface area contributed by atoms with E-state index < -0.39 is 10.0 Å². The largest absolute Gasteiger partial charge is 0.317 e. The van der Waals surface area contributed by atoms with Gasteiger partial charge in [0.25, 0.3) is 0 Å². The molecule has 0 radical (unpaired) electrons. The van der Waals surface area contributed by atoms with Crippen LogP contribution in [0.1, 0.15) is 12.8 Å². The molecule has 0 spiro atoms. The monoisotopic (exact) mass is 354 g/mol. The summed E-state index contributed by atoms with van der Waals surface area (Å²) in [5.41, 5.74) is 0.859. The second-order valence-electron chi connectivity index (χ2n) is 5.25. The molecule has 0 aliphatic carbocycles. The molecule has 0 saturated carbocycles. The number of hydrogen-bond donors (Lipinski definition) is 2. The van der Waals surface area contributed by atoms with Gasteiger partial charge >= 0.3 is 0 Å². The molecule has 1 fully saturated rings. The smallest absolute Gasteiger partial charge is 0.243 e. The lowest BCUT2D eigenvalue weighted by atomic mass is 10.1. The average Bonchev–Trinajstić information content (AvgIpc) is 2.56. The first kappa shape index (κ1) is 17.8. The first-order valence-corrected chi connectivity index (χ1v) is 8.74. The van der Waals surface area contributed by atoms with Crippen molar-refractivity contribution in [1.29, 1.82) is 0 Å². The van der Waals surface area contributed by atoms with E-state index >= 15 is 0 Å². The molecule has 0 amide bonds. The summed E-state index contributed by atoms with van der Waals surface area (Å²) in [6.07, 6.45) is 4.31. The first-order chi connectivity index (χ1) is 10.6. The Labute approximate surface area is 142 Å². The van der Waals surface area contributed by atoms with Crippen LogP contribution in [0.3, 0.4) is 0 Å². The van der Waals surface area contributed by atoms with Crippen molar-refractivity contribution in [3.8, 4) is 11.4 Å². The van der Waals surface area contributed by atoms with E-state index in [1.165, 1.54) is 12.4 Å². The SMILES string of the molecule is Cl.O=S(=O)(NC1CCNCC1)c1cnc(-c2ccccc2)nc1. The normalized spacial score (nSPS) is 15.8. The molecular weight excluding hydrogens is 336 g/mol. The zero-order chi connectivity index (χ0) is 15.4. The summed E-state index contributed by atoms with van der Waals surface area (Å²) in [5, 5.41) is 3.21. The van der Waals surface area contributed by atoms with Crippen LogP contribution in [0.15, 0.2) is 47.6 Å². The maximum atomic E-state index is 12.3. The minimum absolute atomic E-state index is 0. The number of sulfonamides is 1. The van der Waals surface area contributed by atoms with Crippen molar-refractivity contribution < 1.29 is 8.42 Å². The van der Waals surface area contributed by atoms with Gasteiger partial charge in [-0.05, 0) is 25.9 Å². The molecule has 1 saturated heterocycles. The third kappa shape index (κ3) is 4.48. The van der Waals surface area contributed by atoms with E-state index in [1.807, 2.05) is 30.3 Å². The van der Waals surface area contributed by atoms with E-state index in [9.17, 15) is 8.42 Å². The van der Waals surface area contributed by atoms with Gasteiger partial charge in [0.2, 0.25) is 10.0 Å². The summed E-state index contributed by atoms with van der Waals surface area (Å²) < 4.78 is 27.4. The van der Waals surface area contributed by atoms with Gasteiger partial charge in [0, 0.05) is 11.6 Å². The quantitative estimate of drug-likeness (QED) is 0.871. The summed E-state index contributed by atoms with van der Waals surface area (Å²) in [6, 6.07) is 9.43. The summed E-state index contributed by atoms with van der Waals surface area (Å²) >= 11 is 0. The van der Waals surface area contributed by atoms with Crippen LogP contribution in [0.2, 0.25) is 0 Å². The molecule has 2 aromatic rings. The van der Waals surface area contributed by atoms with E-state index in [0.29, 0.717) is 5.82 Å². The van der Waals surface area contributed by atoms with Gasteiger partial charge in [0.1, 0.15) is 4.90 Å². The number of hydrogen-bond acceptors (Lipinski definition) is 5. The van der Waals surface area contributed by atoms with Crippen molar-refractivity contribution in [3.05, 3.63) is 42.7 Å². The highest BCUT2D eigenvalue weighted by molar-refractivity contribution is 7.89. The topological polar surface area (TPSA) is 84.0 Å². The molecule has 0 unspecified atom stereocenters. The van der Waals surface area contributed by atoms with Crippen molar-refractivity contribution in [1.82, 2.24) is 20.0 Å². The molecule has 124 valence electrons. The highest BCUT2D eigenvalue weighted by Crippen LogP contribution is 2.16. The maximum Gasteiger partial charge on any atom is 0.243 e. The zero-order valence-electron chi connectivity index (χ0n) is 12.5. The van der Waals surface area contributed by atoms with Crippen molar-refractivity contribution in [3.63, 3.8) is 0 Å². The van der Waals surface area contributed by atoms with Gasteiger partial charge in [-0.3, -0.25) is 0 Å². The fourth-order valence-corrected chi connectivity index (χ4v) is 3.61. The Morgan fingerprint density at radius 1 is 1.04 bits per heavy atom. The second kappa shape index (κ2) is 7.83. The average molecular weight is 355 g/mol. The number of rotatable bonds is 4. The van der Waals surface area contributed by atoms with Gasteiger partial charge in [0.15, 0.2) is 5.82 Å². The standard InChI is InChI=1S/C15H18N4O2S.ClH/c20-22(21,19-13-6-8-16-9-7-13)14-10-17-15(18-11-14)12-4-2-1-3-5-12;/h1-5,10-11,13,16,19H,6-9H2;1H. The fraction of sp³-hybridized carbons (Fsp3) is 0.333. The van der Waals surface area contributed by atoms with Crippen LogP contribution in [0.4, 0.5) is 0 Å². The van der Waals surface area contributed by atoms with Crippen molar-refractivity contribution in [2.24, 2.45) is 0 Å². The second-order valence-corrected chi connectivity index (χ2v) is 6.97. The lowest BCUT2D eigenvalue weighted by Crippen LogP contribution is -2.42. The van der Waals surface area contributed by atoms with Gasteiger partial charge in [0.05, 0.1) is 12.4 Å². The maximum absolute atomic E-state index is 12.3. The molecule has 1 aliphatic heterocycles. The molecule has 8 heteroatoms. The van der Waals surface area contributed by atoms with E-state index in [4.69, 9.17) is 0 Å². The molecule has 23 heavy (non-hydrogen) atoms. The minimum Gasteiger partial charge on any atom is -0.317 e. The molecule has 1 aliphatic rings. The predicted molar refractivity (Wildman–Crippen MR) is 90.9 cm³/mol. The fourth-order valence-electron chi connectivity index (χ4n) is 2.42. The number of benzene rings is 1. The third-order valence-corrected chi connectivity index (χ3v) is 5.11. The molecule has 1 aromatic carbocycles. The van der Waals surface area contributed by atoms with Crippen LogP contribution in [0.25, 0.3) is 11.4 Å². The van der Waals surface area contributed by atoms with Crippen LogP contribution >= 0.6 is 12.4 Å². The molecule has 0 bridgehead atoms. The molecular formula is C15H19ClN4O2S. The van der Waals surface area contributed by atoms with Crippen LogP contribution in [-0.4, -0.2) is 37.5 Å². The van der Waals surface area contributed by atoms with Gasteiger partial charge in [-0.2, -0.15) is 0 Å². The molecule has 6 nitrogen and oxygen atoms in total. The molecule has 0 atom stereocenters. The third-order valence-electron chi connectivity index (χ3n) is 3.63. The number of piperidine rings is 1. The molecule has 2 heterocycles. The van der Waals surface area contributed by atoms with Crippen LogP contribution in [0, 0.1) is 0 Å². The number of halogens is 1. The van der Waals surface area contributed by atoms with E-state index in [0.717, 1.165) is 31.5 Å². The Morgan fingerprint density at radius 2 is 1.65 bits per heavy atom. The number of nitrogens with one attached hydrogen (secondary N) is 2. The lowest BCUT2D eigenvalue weighted by molar-refractivity contribution is 0.427. The zero-order valence-corrected chi connectivity index (χ0v) is 14.1. The van der Waals surface area contributed by atoms with Gasteiger partial charge < -0.3 is 5.32 Å². The van der Waals surface area contributed by atoms with Crippen molar-refractivity contribution >= 4 is 22.4 Å². The molecule has 3 rings (SSSR count). The van der Waals surface area contributed by atoms with Gasteiger partial charge in [-0.25, -0.2) is 23.1 Å². The van der Waals surface area contributed by atoms with E-state index in [1.54, 1.807) is 0 Å². The van der Waals surface area contributed by atoms with Crippen molar-refractivity contribution in [2.75, 3.05) is 13.1 Å². The minimum atomic E-state index is -3.56. The summed E-state index contributed by atoms with van der Waals surface area (Å²) in [4.78, 5) is 8.43. The first-order valence-electron chi connectivity index (χ1n) is 7.26. The van der Waals surface area contributed by atoms with Crippen LogP contribution in [-0.2, 0) is 10.0 Å². The van der Waals surface area contributed by atoms with E-state index in [-0.39, 0.29) is 23.3 Å². The summed E-state index contributed by atoms with van der Waals surface area (Å²) in [7, 11) is -3.56. The highest BCUT2D eigenvalue weighted by Gasteiger charge is 2.22. The summed E-state index contributed by atoms with van der Waals surface area (Å²) in [6.45, 7) is 1.66. The number of nitrogens with zero attached hydrogens (tertiary/aromatic N) is 2. The molecule has 1 aromatic heterocycles. The van der Waals surface area contributed by atoms with Crippen LogP contribution < -0.4 is 10.0 Å². The Bertz CT molecular complexity index is 717. The van der Waals surface area contributed by atoms with Crippen molar-refractivity contribution in [2.45, 2.75) is 23.8 Å². The number of aromatic nitrogens is 2. The Kier molecular flexibility index (Phi) is 6.06. The Balaban J connectivity index is 0.00000192. The lowest BCUT2D eigenvalue weighted by Gasteiger charge is -2.23. The van der Waals surface area contributed by atoms with Gasteiger partial charge in [-0.1, -0.05) is 30.3 Å².